The Labute approximate surface area is 153 Å². The number of primary amides is 1. The number of nitrogens with two attached hydrogens (primary N) is 1. The maximum Gasteiger partial charge on any atom is 0.253 e. The van der Waals surface area contributed by atoms with Crippen LogP contribution >= 0.6 is 0 Å². The summed E-state index contributed by atoms with van der Waals surface area (Å²) >= 11 is 0. The SMILES string of the molecule is CC(C)c1ccc(-c2ccnc(NCc3ccncc3)c2C(N)=O)cc1. The van der Waals surface area contributed by atoms with Gasteiger partial charge in [0.1, 0.15) is 5.82 Å². The van der Waals surface area contributed by atoms with Gasteiger partial charge in [-0.1, -0.05) is 38.1 Å². The van der Waals surface area contributed by atoms with E-state index in [1.54, 1.807) is 18.6 Å². The molecule has 0 saturated carbocycles. The number of hydrogen-bond donors (Lipinski definition) is 2. The van der Waals surface area contributed by atoms with Gasteiger partial charge < -0.3 is 11.1 Å². The van der Waals surface area contributed by atoms with Crippen LogP contribution in [0.2, 0.25) is 0 Å². The molecule has 0 unspecified atom stereocenters. The standard InChI is InChI=1S/C21H22N4O/c1-14(2)16-3-5-17(6-4-16)18-9-12-24-21(19(18)20(22)26)25-13-15-7-10-23-11-8-15/h3-12,14H,13H2,1-2H3,(H2,22,26)(H,24,25). The van der Waals surface area contributed by atoms with Crippen molar-refractivity contribution in [2.24, 2.45) is 5.73 Å². The van der Waals surface area contributed by atoms with Crippen molar-refractivity contribution < 1.29 is 4.79 Å². The summed E-state index contributed by atoms with van der Waals surface area (Å²) in [5.74, 6) is 0.438. The molecular weight excluding hydrogens is 324 g/mol. The lowest BCUT2D eigenvalue weighted by atomic mass is 9.96. The molecular formula is C21H22N4O. The van der Waals surface area contributed by atoms with Crippen LogP contribution in [0.1, 0.15) is 41.3 Å². The minimum atomic E-state index is -0.502. The fraction of sp³-hybridized carbons (Fsp3) is 0.190. The smallest absolute Gasteiger partial charge is 0.253 e. The molecule has 0 bridgehead atoms. The molecule has 0 radical (unpaired) electrons. The van der Waals surface area contributed by atoms with Gasteiger partial charge in [0.15, 0.2) is 0 Å². The monoisotopic (exact) mass is 346 g/mol. The average Bonchev–Trinajstić information content (AvgIpc) is 2.66. The first-order valence-corrected chi connectivity index (χ1v) is 8.58. The highest BCUT2D eigenvalue weighted by Gasteiger charge is 2.16. The number of hydrogen-bond acceptors (Lipinski definition) is 4. The van der Waals surface area contributed by atoms with E-state index in [-0.39, 0.29) is 0 Å². The van der Waals surface area contributed by atoms with Crippen molar-refractivity contribution in [3.63, 3.8) is 0 Å². The predicted molar refractivity (Wildman–Crippen MR) is 104 cm³/mol. The number of rotatable bonds is 6. The maximum absolute atomic E-state index is 12.1. The normalized spacial score (nSPS) is 10.7. The van der Waals surface area contributed by atoms with Crippen LogP contribution in [0.3, 0.4) is 0 Å². The molecule has 26 heavy (non-hydrogen) atoms. The van der Waals surface area contributed by atoms with Crippen LogP contribution in [0.15, 0.2) is 61.1 Å². The Morgan fingerprint density at radius 3 is 2.35 bits per heavy atom. The number of pyridine rings is 2. The molecule has 0 aliphatic carbocycles. The number of amides is 1. The molecule has 0 spiro atoms. The molecule has 3 aromatic rings. The summed E-state index contributed by atoms with van der Waals surface area (Å²) < 4.78 is 0. The van der Waals surface area contributed by atoms with Gasteiger partial charge in [0.25, 0.3) is 5.91 Å². The Morgan fingerprint density at radius 2 is 1.73 bits per heavy atom. The number of nitrogens with zero attached hydrogens (tertiary/aromatic N) is 2. The number of carbonyl (C=O) groups excluding carboxylic acids is 1. The zero-order valence-electron chi connectivity index (χ0n) is 14.9. The third-order valence-electron chi connectivity index (χ3n) is 4.30. The summed E-state index contributed by atoms with van der Waals surface area (Å²) in [4.78, 5) is 20.5. The zero-order valence-corrected chi connectivity index (χ0v) is 14.9. The van der Waals surface area contributed by atoms with Gasteiger partial charge in [0, 0.05) is 25.1 Å². The maximum atomic E-state index is 12.1. The van der Waals surface area contributed by atoms with E-state index in [0.29, 0.717) is 23.8 Å². The summed E-state index contributed by atoms with van der Waals surface area (Å²) in [6.07, 6.45) is 5.14. The summed E-state index contributed by atoms with van der Waals surface area (Å²) in [6, 6.07) is 13.8. The van der Waals surface area contributed by atoms with E-state index in [1.165, 1.54) is 5.56 Å². The van der Waals surface area contributed by atoms with Gasteiger partial charge in [-0.05, 0) is 46.4 Å². The molecule has 0 fully saturated rings. The number of aromatic nitrogens is 2. The van der Waals surface area contributed by atoms with E-state index in [1.807, 2.05) is 30.3 Å². The van der Waals surface area contributed by atoms with Crippen LogP contribution in [0.25, 0.3) is 11.1 Å². The van der Waals surface area contributed by atoms with Crippen LogP contribution < -0.4 is 11.1 Å². The molecule has 5 heteroatoms. The van der Waals surface area contributed by atoms with Gasteiger partial charge in [-0.25, -0.2) is 4.98 Å². The minimum absolute atomic E-state index is 0.402. The molecule has 0 saturated heterocycles. The molecule has 3 rings (SSSR count). The van der Waals surface area contributed by atoms with Crippen LogP contribution in [0, 0.1) is 0 Å². The molecule has 0 aliphatic heterocycles. The Hall–Kier alpha value is -3.21. The topological polar surface area (TPSA) is 80.9 Å². The summed E-state index contributed by atoms with van der Waals surface area (Å²) in [7, 11) is 0. The molecule has 2 aromatic heterocycles. The van der Waals surface area contributed by atoms with E-state index in [0.717, 1.165) is 16.7 Å². The summed E-state index contributed by atoms with van der Waals surface area (Å²) in [5.41, 5.74) is 10.1. The molecule has 1 aromatic carbocycles. The quantitative estimate of drug-likeness (QED) is 0.707. The van der Waals surface area contributed by atoms with Gasteiger partial charge in [0.05, 0.1) is 5.56 Å². The molecule has 1 amide bonds. The van der Waals surface area contributed by atoms with Crippen molar-refractivity contribution in [3.05, 3.63) is 77.7 Å². The first-order chi connectivity index (χ1) is 12.6. The van der Waals surface area contributed by atoms with Gasteiger partial charge in [-0.15, -0.1) is 0 Å². The van der Waals surface area contributed by atoms with Crippen molar-refractivity contribution in [2.45, 2.75) is 26.3 Å². The number of carbonyl (C=O) groups is 1. The van der Waals surface area contributed by atoms with Gasteiger partial charge >= 0.3 is 0 Å². The second-order valence-electron chi connectivity index (χ2n) is 6.43. The first-order valence-electron chi connectivity index (χ1n) is 8.58. The second-order valence-corrected chi connectivity index (χ2v) is 6.43. The Morgan fingerprint density at radius 1 is 1.04 bits per heavy atom. The molecule has 3 N–H and O–H groups in total. The van der Waals surface area contributed by atoms with Crippen molar-refractivity contribution >= 4 is 11.7 Å². The zero-order chi connectivity index (χ0) is 18.5. The lowest BCUT2D eigenvalue weighted by Crippen LogP contribution is -2.17. The van der Waals surface area contributed by atoms with E-state index in [9.17, 15) is 4.79 Å². The Balaban J connectivity index is 1.94. The summed E-state index contributed by atoms with van der Waals surface area (Å²) in [5, 5.41) is 3.21. The molecule has 0 atom stereocenters. The second kappa shape index (κ2) is 7.78. The largest absolute Gasteiger partial charge is 0.365 e. The van der Waals surface area contributed by atoms with Crippen LogP contribution in [0.4, 0.5) is 5.82 Å². The number of anilines is 1. The lowest BCUT2D eigenvalue weighted by molar-refractivity contribution is 0.100. The lowest BCUT2D eigenvalue weighted by Gasteiger charge is -2.14. The van der Waals surface area contributed by atoms with Gasteiger partial charge in [-0.3, -0.25) is 9.78 Å². The van der Waals surface area contributed by atoms with Crippen molar-refractivity contribution in [1.82, 2.24) is 9.97 Å². The number of benzene rings is 1. The molecule has 132 valence electrons. The predicted octanol–water partition coefficient (Wildman–Crippen LogP) is 3.98. The minimum Gasteiger partial charge on any atom is -0.365 e. The van der Waals surface area contributed by atoms with E-state index < -0.39 is 5.91 Å². The van der Waals surface area contributed by atoms with E-state index >= 15 is 0 Å². The molecule has 0 aliphatic rings. The van der Waals surface area contributed by atoms with Crippen LogP contribution in [0.5, 0.6) is 0 Å². The highest BCUT2D eigenvalue weighted by atomic mass is 16.1. The van der Waals surface area contributed by atoms with Crippen molar-refractivity contribution in [3.8, 4) is 11.1 Å². The third-order valence-corrected chi connectivity index (χ3v) is 4.30. The van der Waals surface area contributed by atoms with Crippen molar-refractivity contribution in [1.29, 1.82) is 0 Å². The average molecular weight is 346 g/mol. The van der Waals surface area contributed by atoms with Crippen LogP contribution in [-0.4, -0.2) is 15.9 Å². The van der Waals surface area contributed by atoms with Gasteiger partial charge in [-0.2, -0.15) is 0 Å². The fourth-order valence-corrected chi connectivity index (χ4v) is 2.82. The van der Waals surface area contributed by atoms with E-state index in [4.69, 9.17) is 5.73 Å². The van der Waals surface area contributed by atoms with Gasteiger partial charge in [0.2, 0.25) is 0 Å². The first kappa shape index (κ1) is 17.6. The Kier molecular flexibility index (Phi) is 5.27. The molecule has 2 heterocycles. The third kappa shape index (κ3) is 3.88. The highest BCUT2D eigenvalue weighted by molar-refractivity contribution is 6.04. The highest BCUT2D eigenvalue weighted by Crippen LogP contribution is 2.29. The number of nitrogens with one attached hydrogen (secondary N) is 1. The Bertz CT molecular complexity index is 890. The van der Waals surface area contributed by atoms with Crippen molar-refractivity contribution in [2.75, 3.05) is 5.32 Å². The van der Waals surface area contributed by atoms with Crippen LogP contribution in [-0.2, 0) is 6.54 Å². The molecule has 5 nitrogen and oxygen atoms in total. The fourth-order valence-electron chi connectivity index (χ4n) is 2.82. The van der Waals surface area contributed by atoms with E-state index in [2.05, 4.69) is 41.3 Å². The summed E-state index contributed by atoms with van der Waals surface area (Å²) in [6.45, 7) is 4.83.